The number of esters is 1. The number of hydrogen-bond acceptors (Lipinski definition) is 8. The summed E-state index contributed by atoms with van der Waals surface area (Å²) in [6, 6.07) is 18.1. The molecule has 0 unspecified atom stereocenters. The van der Waals surface area contributed by atoms with E-state index in [9.17, 15) is 14.7 Å². The number of carbonyl (C=O) groups is 2. The van der Waals surface area contributed by atoms with Crippen molar-refractivity contribution in [1.82, 2.24) is 5.32 Å². The third-order valence-corrected chi connectivity index (χ3v) is 5.30. The summed E-state index contributed by atoms with van der Waals surface area (Å²) in [4.78, 5) is 24.5. The van der Waals surface area contributed by atoms with Crippen molar-refractivity contribution in [2.24, 2.45) is 0 Å². The Morgan fingerprint density at radius 3 is 1.92 bits per heavy atom. The largest absolute Gasteiger partial charge is 0.467 e. The van der Waals surface area contributed by atoms with Gasteiger partial charge in [-0.2, -0.15) is 0 Å². The summed E-state index contributed by atoms with van der Waals surface area (Å²) < 4.78 is 28.2. The summed E-state index contributed by atoms with van der Waals surface area (Å²) in [6.07, 6.45) is -2.79. The SMILES string of the molecule is COC(=O)[C@H](CO[C@@H](C)[C@H](OCc1ccccc1)[C@H](CO)OCc1ccccc1)NC(=O)OC(C)(C)C. The lowest BCUT2D eigenvalue weighted by Crippen LogP contribution is -2.49. The summed E-state index contributed by atoms with van der Waals surface area (Å²) in [6.45, 7) is 6.94. The van der Waals surface area contributed by atoms with Crippen LogP contribution in [-0.2, 0) is 41.7 Å². The molecule has 9 heteroatoms. The van der Waals surface area contributed by atoms with Gasteiger partial charge in [-0.05, 0) is 38.8 Å². The predicted octanol–water partition coefficient (Wildman–Crippen LogP) is 3.62. The van der Waals surface area contributed by atoms with Crippen LogP contribution in [0.4, 0.5) is 4.79 Å². The van der Waals surface area contributed by atoms with Crippen molar-refractivity contribution in [1.29, 1.82) is 0 Å². The number of methoxy groups -OCH3 is 1. The number of rotatable bonds is 14. The molecule has 2 rings (SSSR count). The van der Waals surface area contributed by atoms with Crippen molar-refractivity contribution in [2.45, 2.75) is 70.9 Å². The molecule has 0 fully saturated rings. The highest BCUT2D eigenvalue weighted by molar-refractivity contribution is 5.81. The van der Waals surface area contributed by atoms with Crippen LogP contribution in [0.15, 0.2) is 60.7 Å². The van der Waals surface area contributed by atoms with Gasteiger partial charge in [0.2, 0.25) is 0 Å². The van der Waals surface area contributed by atoms with Crippen molar-refractivity contribution in [3.8, 4) is 0 Å². The molecular formula is C28H39NO8. The number of alkyl carbamates (subject to hydrolysis) is 1. The molecular weight excluding hydrogens is 478 g/mol. The van der Waals surface area contributed by atoms with E-state index in [-0.39, 0.29) is 26.4 Å². The van der Waals surface area contributed by atoms with Crippen LogP contribution >= 0.6 is 0 Å². The fourth-order valence-corrected chi connectivity index (χ4v) is 3.44. The summed E-state index contributed by atoms with van der Waals surface area (Å²) in [5.41, 5.74) is 1.15. The Labute approximate surface area is 219 Å². The Bertz CT molecular complexity index is 932. The van der Waals surface area contributed by atoms with E-state index in [1.165, 1.54) is 7.11 Å². The second-order valence-corrected chi connectivity index (χ2v) is 9.54. The minimum atomic E-state index is -1.10. The molecule has 4 atom stereocenters. The molecule has 0 heterocycles. The van der Waals surface area contributed by atoms with Crippen LogP contribution in [-0.4, -0.2) is 67.4 Å². The van der Waals surface area contributed by atoms with Gasteiger partial charge in [0.1, 0.15) is 17.8 Å². The Balaban J connectivity index is 2.10. The molecule has 2 N–H and O–H groups in total. The van der Waals surface area contributed by atoms with Crippen LogP contribution in [0.1, 0.15) is 38.8 Å². The number of ether oxygens (including phenoxy) is 5. The number of amides is 1. The average Bonchev–Trinajstić information content (AvgIpc) is 2.87. The number of nitrogens with one attached hydrogen (secondary N) is 1. The van der Waals surface area contributed by atoms with E-state index in [0.717, 1.165) is 11.1 Å². The zero-order valence-corrected chi connectivity index (χ0v) is 22.2. The van der Waals surface area contributed by atoms with Gasteiger partial charge < -0.3 is 34.1 Å². The van der Waals surface area contributed by atoms with Gasteiger partial charge in [-0.3, -0.25) is 0 Å². The highest BCUT2D eigenvalue weighted by Gasteiger charge is 2.32. The number of aliphatic hydroxyl groups is 1. The third kappa shape index (κ3) is 11.3. The van der Waals surface area contributed by atoms with E-state index in [4.69, 9.17) is 23.7 Å². The van der Waals surface area contributed by atoms with E-state index < -0.39 is 42.0 Å². The number of hydrogen-bond donors (Lipinski definition) is 2. The lowest BCUT2D eigenvalue weighted by molar-refractivity contribution is -0.161. The second-order valence-electron chi connectivity index (χ2n) is 9.54. The molecule has 1 amide bonds. The molecule has 0 aliphatic carbocycles. The fraction of sp³-hybridized carbons (Fsp3) is 0.500. The highest BCUT2D eigenvalue weighted by atomic mass is 16.6. The van der Waals surface area contributed by atoms with Crippen molar-refractivity contribution in [3.63, 3.8) is 0 Å². The van der Waals surface area contributed by atoms with Gasteiger partial charge in [-0.1, -0.05) is 60.7 Å². The summed E-state index contributed by atoms with van der Waals surface area (Å²) in [5, 5.41) is 12.6. The van der Waals surface area contributed by atoms with E-state index in [1.54, 1.807) is 27.7 Å². The Morgan fingerprint density at radius 1 is 0.892 bits per heavy atom. The maximum absolute atomic E-state index is 12.3. The number of benzene rings is 2. The Hall–Kier alpha value is -2.98. The highest BCUT2D eigenvalue weighted by Crippen LogP contribution is 2.17. The van der Waals surface area contributed by atoms with Gasteiger partial charge in [0.05, 0.1) is 39.6 Å². The zero-order valence-electron chi connectivity index (χ0n) is 22.2. The molecule has 0 radical (unpaired) electrons. The van der Waals surface area contributed by atoms with Crippen molar-refractivity contribution >= 4 is 12.1 Å². The van der Waals surface area contributed by atoms with Gasteiger partial charge in [0.25, 0.3) is 0 Å². The molecule has 2 aromatic rings. The molecule has 9 nitrogen and oxygen atoms in total. The maximum Gasteiger partial charge on any atom is 0.408 e. The van der Waals surface area contributed by atoms with Crippen LogP contribution in [0, 0.1) is 0 Å². The number of carbonyl (C=O) groups excluding carboxylic acids is 2. The van der Waals surface area contributed by atoms with Crippen LogP contribution < -0.4 is 5.32 Å². The molecule has 37 heavy (non-hydrogen) atoms. The first-order chi connectivity index (χ1) is 17.6. The molecule has 204 valence electrons. The molecule has 0 aromatic heterocycles. The number of aliphatic hydroxyl groups excluding tert-OH is 1. The lowest BCUT2D eigenvalue weighted by Gasteiger charge is -2.32. The van der Waals surface area contributed by atoms with Gasteiger partial charge in [-0.15, -0.1) is 0 Å². The van der Waals surface area contributed by atoms with Crippen molar-refractivity contribution in [2.75, 3.05) is 20.3 Å². The quantitative estimate of drug-likeness (QED) is 0.366. The van der Waals surface area contributed by atoms with Gasteiger partial charge in [-0.25, -0.2) is 9.59 Å². The van der Waals surface area contributed by atoms with Gasteiger partial charge in [0.15, 0.2) is 6.04 Å². The molecule has 0 saturated carbocycles. The molecule has 0 saturated heterocycles. The fourth-order valence-electron chi connectivity index (χ4n) is 3.44. The molecule has 0 aliphatic heterocycles. The minimum Gasteiger partial charge on any atom is -0.467 e. The van der Waals surface area contributed by atoms with E-state index in [0.29, 0.717) is 0 Å². The Kier molecular flexibility index (Phi) is 12.5. The normalized spacial score (nSPS) is 14.8. The third-order valence-electron chi connectivity index (χ3n) is 5.30. The molecule has 0 spiro atoms. The predicted molar refractivity (Wildman–Crippen MR) is 138 cm³/mol. The molecule has 0 bridgehead atoms. The topological polar surface area (TPSA) is 113 Å². The first kappa shape index (κ1) is 30.2. The van der Waals surface area contributed by atoms with E-state index in [2.05, 4.69) is 5.32 Å². The van der Waals surface area contributed by atoms with Crippen molar-refractivity contribution < 1.29 is 38.4 Å². The summed E-state index contributed by atoms with van der Waals surface area (Å²) in [7, 11) is 1.22. The van der Waals surface area contributed by atoms with Crippen LogP contribution in [0.5, 0.6) is 0 Å². The van der Waals surface area contributed by atoms with Crippen LogP contribution in [0.3, 0.4) is 0 Å². The summed E-state index contributed by atoms with van der Waals surface area (Å²) >= 11 is 0. The first-order valence-electron chi connectivity index (χ1n) is 12.2. The monoisotopic (exact) mass is 517 g/mol. The smallest absolute Gasteiger partial charge is 0.408 e. The van der Waals surface area contributed by atoms with Gasteiger partial charge in [0, 0.05) is 0 Å². The average molecular weight is 518 g/mol. The second kappa shape index (κ2) is 15.3. The first-order valence-corrected chi connectivity index (χ1v) is 12.2. The van der Waals surface area contributed by atoms with E-state index in [1.807, 2.05) is 60.7 Å². The molecule has 0 aliphatic rings. The summed E-state index contributed by atoms with van der Waals surface area (Å²) in [5.74, 6) is -0.682. The standard InChI is InChI=1S/C28H39NO8/c1-20(34-19-23(26(31)33-5)29-27(32)37-28(2,3)4)25(36-18-22-14-10-7-11-15-22)24(16-30)35-17-21-12-8-6-9-13-21/h6-15,20,23-25,30H,16-19H2,1-5H3,(H,29,32)/t20-,23-,24-,25-/m0/s1. The lowest BCUT2D eigenvalue weighted by atomic mass is 10.1. The van der Waals surface area contributed by atoms with Crippen LogP contribution in [0.2, 0.25) is 0 Å². The zero-order chi connectivity index (χ0) is 27.3. The molecule has 2 aromatic carbocycles. The Morgan fingerprint density at radius 2 is 1.43 bits per heavy atom. The van der Waals surface area contributed by atoms with Crippen molar-refractivity contribution in [3.05, 3.63) is 71.8 Å². The van der Waals surface area contributed by atoms with Crippen LogP contribution in [0.25, 0.3) is 0 Å². The van der Waals surface area contributed by atoms with E-state index >= 15 is 0 Å². The minimum absolute atomic E-state index is 0.199. The van der Waals surface area contributed by atoms with Gasteiger partial charge >= 0.3 is 12.1 Å². The maximum atomic E-state index is 12.3.